The molecule has 0 saturated carbocycles. The molecule has 4 heteroatoms. The van der Waals surface area contributed by atoms with Crippen molar-refractivity contribution in [1.29, 1.82) is 0 Å². The van der Waals surface area contributed by atoms with E-state index in [9.17, 15) is 0 Å². The van der Waals surface area contributed by atoms with Crippen LogP contribution >= 0.6 is 11.8 Å². The van der Waals surface area contributed by atoms with Crippen molar-refractivity contribution < 1.29 is 0 Å². The molecule has 0 aliphatic carbocycles. The van der Waals surface area contributed by atoms with Gasteiger partial charge >= 0.3 is 0 Å². The number of aromatic nitrogens is 1. The van der Waals surface area contributed by atoms with Crippen LogP contribution in [0.5, 0.6) is 0 Å². The first-order valence-corrected chi connectivity index (χ1v) is 8.82. The van der Waals surface area contributed by atoms with Gasteiger partial charge in [0.05, 0.1) is 0 Å². The minimum Gasteiger partial charge on any atom is -0.356 e. The van der Waals surface area contributed by atoms with Gasteiger partial charge in [-0.25, -0.2) is 4.98 Å². The van der Waals surface area contributed by atoms with Crippen LogP contribution in [-0.2, 0) is 6.54 Å². The van der Waals surface area contributed by atoms with Gasteiger partial charge in [0.1, 0.15) is 5.82 Å². The third-order valence-corrected chi connectivity index (χ3v) is 4.31. The maximum atomic E-state index is 4.83. The molecule has 0 saturated heterocycles. The molecule has 1 atom stereocenters. The lowest BCUT2D eigenvalue weighted by atomic mass is 10.1. The van der Waals surface area contributed by atoms with Crippen LogP contribution in [-0.4, -0.2) is 36.6 Å². The summed E-state index contributed by atoms with van der Waals surface area (Å²) in [5.74, 6) is 2.66. The third-order valence-electron chi connectivity index (χ3n) is 3.49. The monoisotopic (exact) mass is 295 g/mol. The molecule has 1 rings (SSSR count). The minimum absolute atomic E-state index is 0.458. The fourth-order valence-corrected chi connectivity index (χ4v) is 2.73. The van der Waals surface area contributed by atoms with Crippen LogP contribution in [0.3, 0.4) is 0 Å². The minimum atomic E-state index is 0.458. The number of anilines is 1. The van der Waals surface area contributed by atoms with Crippen molar-refractivity contribution in [2.75, 3.05) is 30.5 Å². The summed E-state index contributed by atoms with van der Waals surface area (Å²) in [5, 5.41) is 3.40. The van der Waals surface area contributed by atoms with Gasteiger partial charge in [-0.1, -0.05) is 20.8 Å². The Hall–Kier alpha value is -0.740. The highest BCUT2D eigenvalue weighted by molar-refractivity contribution is 7.98. The molecule has 3 nitrogen and oxygen atoms in total. The molecular formula is C16H29N3S. The van der Waals surface area contributed by atoms with E-state index in [0.29, 0.717) is 12.0 Å². The van der Waals surface area contributed by atoms with E-state index in [1.54, 1.807) is 0 Å². The molecule has 1 N–H and O–H groups in total. The molecule has 1 unspecified atom stereocenters. The third kappa shape index (κ3) is 4.98. The maximum absolute atomic E-state index is 4.83. The van der Waals surface area contributed by atoms with E-state index < -0.39 is 0 Å². The Kier molecular flexibility index (Phi) is 7.38. The van der Waals surface area contributed by atoms with Gasteiger partial charge in [0.2, 0.25) is 0 Å². The SMILES string of the molecule is CCNCc1cc(C(C)C)nc(N(C)C(C)CSC)c1. The second kappa shape index (κ2) is 8.53. The second-order valence-corrected chi connectivity index (χ2v) is 6.52. The zero-order chi connectivity index (χ0) is 15.1. The number of pyridine rings is 1. The zero-order valence-corrected chi connectivity index (χ0v) is 14.5. The molecule has 0 amide bonds. The van der Waals surface area contributed by atoms with E-state index in [2.05, 4.69) is 63.3 Å². The molecule has 114 valence electrons. The lowest BCUT2D eigenvalue weighted by molar-refractivity contribution is 0.710. The Bertz CT molecular complexity index is 407. The Morgan fingerprint density at radius 1 is 1.30 bits per heavy atom. The fraction of sp³-hybridized carbons (Fsp3) is 0.688. The molecule has 1 aromatic heterocycles. The topological polar surface area (TPSA) is 28.2 Å². The number of thioether (sulfide) groups is 1. The Morgan fingerprint density at radius 3 is 2.55 bits per heavy atom. The fourth-order valence-electron chi connectivity index (χ4n) is 2.02. The number of hydrogen-bond acceptors (Lipinski definition) is 4. The van der Waals surface area contributed by atoms with Gasteiger partial charge in [0.25, 0.3) is 0 Å². The quantitative estimate of drug-likeness (QED) is 0.794. The number of rotatable bonds is 8. The summed E-state index contributed by atoms with van der Waals surface area (Å²) in [6.07, 6.45) is 2.15. The number of hydrogen-bond donors (Lipinski definition) is 1. The summed E-state index contributed by atoms with van der Waals surface area (Å²) in [4.78, 5) is 7.12. The molecule has 20 heavy (non-hydrogen) atoms. The van der Waals surface area contributed by atoms with Crippen molar-refractivity contribution in [1.82, 2.24) is 10.3 Å². The molecule has 1 aromatic rings. The highest BCUT2D eigenvalue weighted by Gasteiger charge is 2.13. The molecule has 1 heterocycles. The van der Waals surface area contributed by atoms with Crippen LogP contribution in [0.2, 0.25) is 0 Å². The molecule has 0 aliphatic rings. The lowest BCUT2D eigenvalue weighted by Crippen LogP contribution is -2.32. The van der Waals surface area contributed by atoms with Crippen molar-refractivity contribution in [3.05, 3.63) is 23.4 Å². The molecule has 0 spiro atoms. The average Bonchev–Trinajstić information content (AvgIpc) is 2.44. The van der Waals surface area contributed by atoms with Gasteiger partial charge < -0.3 is 10.2 Å². The Morgan fingerprint density at radius 2 is 2.00 bits per heavy atom. The van der Waals surface area contributed by atoms with Gasteiger partial charge in [-0.3, -0.25) is 0 Å². The van der Waals surface area contributed by atoms with Gasteiger partial charge in [0.15, 0.2) is 0 Å². The van der Waals surface area contributed by atoms with Crippen LogP contribution in [0, 0.1) is 0 Å². The van der Waals surface area contributed by atoms with Crippen molar-refractivity contribution in [3.8, 4) is 0 Å². The Labute approximate surface area is 128 Å². The van der Waals surface area contributed by atoms with E-state index in [1.807, 2.05) is 11.8 Å². The van der Waals surface area contributed by atoms with Gasteiger partial charge in [-0.2, -0.15) is 11.8 Å². The highest BCUT2D eigenvalue weighted by atomic mass is 32.2. The summed E-state index contributed by atoms with van der Waals surface area (Å²) in [6, 6.07) is 4.93. The first-order chi connectivity index (χ1) is 9.49. The van der Waals surface area contributed by atoms with E-state index in [1.165, 1.54) is 11.3 Å². The number of nitrogens with zero attached hydrogens (tertiary/aromatic N) is 2. The molecule has 0 aromatic carbocycles. The van der Waals surface area contributed by atoms with Crippen LogP contribution in [0.25, 0.3) is 0 Å². The van der Waals surface area contributed by atoms with Crippen molar-refractivity contribution >= 4 is 17.6 Å². The first kappa shape index (κ1) is 17.3. The normalized spacial score (nSPS) is 12.8. The summed E-state index contributed by atoms with van der Waals surface area (Å²) >= 11 is 1.88. The van der Waals surface area contributed by atoms with Crippen LogP contribution in [0.4, 0.5) is 5.82 Å². The smallest absolute Gasteiger partial charge is 0.129 e. The van der Waals surface area contributed by atoms with Crippen LogP contribution < -0.4 is 10.2 Å². The predicted octanol–water partition coefficient (Wildman–Crippen LogP) is 3.50. The Balaban J connectivity index is 3.01. The van der Waals surface area contributed by atoms with Gasteiger partial charge in [0, 0.05) is 31.1 Å². The van der Waals surface area contributed by atoms with Crippen LogP contribution in [0.1, 0.15) is 44.9 Å². The summed E-state index contributed by atoms with van der Waals surface area (Å²) < 4.78 is 0. The molecular weight excluding hydrogens is 266 g/mol. The second-order valence-electron chi connectivity index (χ2n) is 5.61. The summed E-state index contributed by atoms with van der Waals surface area (Å²) in [6.45, 7) is 10.7. The van der Waals surface area contributed by atoms with E-state index in [0.717, 1.165) is 24.7 Å². The van der Waals surface area contributed by atoms with E-state index in [4.69, 9.17) is 4.98 Å². The highest BCUT2D eigenvalue weighted by Crippen LogP contribution is 2.21. The largest absolute Gasteiger partial charge is 0.356 e. The average molecular weight is 295 g/mol. The van der Waals surface area contributed by atoms with Crippen LogP contribution in [0.15, 0.2) is 12.1 Å². The summed E-state index contributed by atoms with van der Waals surface area (Å²) in [5.41, 5.74) is 2.50. The zero-order valence-electron chi connectivity index (χ0n) is 13.7. The molecule has 0 radical (unpaired) electrons. The van der Waals surface area contributed by atoms with Gasteiger partial charge in [-0.15, -0.1) is 0 Å². The van der Waals surface area contributed by atoms with E-state index in [-0.39, 0.29) is 0 Å². The lowest BCUT2D eigenvalue weighted by Gasteiger charge is -2.27. The predicted molar refractivity (Wildman–Crippen MR) is 92.0 cm³/mol. The van der Waals surface area contributed by atoms with E-state index >= 15 is 0 Å². The van der Waals surface area contributed by atoms with Gasteiger partial charge in [-0.05, 0) is 43.3 Å². The maximum Gasteiger partial charge on any atom is 0.129 e. The standard InChI is InChI=1S/C16H29N3S/c1-7-17-10-14-8-15(12(2)3)18-16(9-14)19(5)13(4)11-20-6/h8-9,12-13,17H,7,10-11H2,1-6H3. The first-order valence-electron chi connectivity index (χ1n) is 7.42. The summed E-state index contributed by atoms with van der Waals surface area (Å²) in [7, 11) is 2.14. The van der Waals surface area contributed by atoms with Crippen molar-refractivity contribution in [2.24, 2.45) is 0 Å². The molecule has 0 aliphatic heterocycles. The molecule has 0 bridgehead atoms. The van der Waals surface area contributed by atoms with Crippen molar-refractivity contribution in [2.45, 2.75) is 46.2 Å². The number of nitrogens with one attached hydrogen (secondary N) is 1. The molecule has 0 fully saturated rings. The van der Waals surface area contributed by atoms with Crippen molar-refractivity contribution in [3.63, 3.8) is 0 Å².